The summed E-state index contributed by atoms with van der Waals surface area (Å²) in [6.07, 6.45) is 0.209. The zero-order valence-electron chi connectivity index (χ0n) is 19.2. The molecule has 5 N–H and O–H groups in total. The van der Waals surface area contributed by atoms with Gasteiger partial charge in [0, 0.05) is 18.8 Å². The van der Waals surface area contributed by atoms with Gasteiger partial charge in [0.2, 0.25) is 5.91 Å². The summed E-state index contributed by atoms with van der Waals surface area (Å²) in [5.41, 5.74) is 1.92. The number of unbranched alkanes of at least 4 members (excludes halogenated alkanes) is 3. The maximum absolute atomic E-state index is 12.9. The molecule has 1 aromatic carbocycles. The van der Waals surface area contributed by atoms with Crippen LogP contribution >= 0.6 is 0 Å². The number of aryl methyl sites for hydroxylation is 1. The second-order valence-corrected chi connectivity index (χ2v) is 9.09. The van der Waals surface area contributed by atoms with Crippen molar-refractivity contribution in [1.29, 1.82) is 0 Å². The Morgan fingerprint density at radius 1 is 1.15 bits per heavy atom. The number of aliphatic hydroxyl groups excluding tert-OH is 2. The lowest BCUT2D eigenvalue weighted by molar-refractivity contribution is -0.137. The summed E-state index contributed by atoms with van der Waals surface area (Å²) < 4.78 is 38.6. The van der Waals surface area contributed by atoms with Crippen LogP contribution in [0.5, 0.6) is 0 Å². The number of oxime groups is 1. The number of aliphatic hydroxyl groups is 2. The number of benzene rings is 1. The predicted octanol–water partition coefficient (Wildman–Crippen LogP) is 4.45. The summed E-state index contributed by atoms with van der Waals surface area (Å²) in [6.45, 7) is 0. The Labute approximate surface area is 197 Å². The van der Waals surface area contributed by atoms with Gasteiger partial charge in [0.25, 0.3) is 0 Å². The number of carbonyl (C=O) groups excluding carboxylic acids is 1. The number of alkyl halides is 3. The molecule has 4 atom stereocenters. The molecule has 0 radical (unpaired) electrons. The third kappa shape index (κ3) is 8.88. The van der Waals surface area contributed by atoms with Gasteiger partial charge in [0.1, 0.15) is 0 Å². The minimum absolute atomic E-state index is 0.0951. The molecule has 0 saturated heterocycles. The van der Waals surface area contributed by atoms with Crippen LogP contribution in [-0.2, 0) is 17.4 Å². The van der Waals surface area contributed by atoms with Crippen LogP contribution in [0, 0.1) is 11.8 Å². The number of amides is 1. The Balaban J connectivity index is 1.80. The minimum atomic E-state index is -4.40. The summed E-state index contributed by atoms with van der Waals surface area (Å²) >= 11 is 0. The van der Waals surface area contributed by atoms with Gasteiger partial charge in [0.05, 0.1) is 23.5 Å². The molecule has 0 spiro atoms. The van der Waals surface area contributed by atoms with E-state index < -0.39 is 29.9 Å². The van der Waals surface area contributed by atoms with Crippen LogP contribution in [0.4, 0.5) is 13.2 Å². The van der Waals surface area contributed by atoms with Gasteiger partial charge < -0.3 is 15.4 Å². The molecule has 1 aromatic rings. The Morgan fingerprint density at radius 2 is 1.88 bits per heavy atom. The molecule has 1 unspecified atom stereocenters. The molecule has 7 nitrogen and oxygen atoms in total. The van der Waals surface area contributed by atoms with Crippen molar-refractivity contribution in [2.45, 2.75) is 89.0 Å². The number of hydroxylamine groups is 1. The van der Waals surface area contributed by atoms with E-state index >= 15 is 0 Å². The van der Waals surface area contributed by atoms with Crippen LogP contribution in [0.25, 0.3) is 0 Å². The predicted molar refractivity (Wildman–Crippen MR) is 119 cm³/mol. The number of carbonyl (C=O) groups is 1. The summed E-state index contributed by atoms with van der Waals surface area (Å²) in [6, 6.07) is 5.09. The van der Waals surface area contributed by atoms with Crippen molar-refractivity contribution in [3.05, 3.63) is 35.4 Å². The molecule has 1 fully saturated rings. The van der Waals surface area contributed by atoms with Crippen molar-refractivity contribution in [3.8, 4) is 0 Å². The van der Waals surface area contributed by atoms with E-state index in [0.717, 1.165) is 37.8 Å². The first-order valence-electron chi connectivity index (χ1n) is 11.8. The SMILES string of the molecule is O=C(CCCCCC[C@@H]1C(CC[C@@H](O)CCc2cccc(C(F)(F)F)c2)/C(=N\O)C[C@@H]1O)NO. The fraction of sp³-hybridized carbons (Fsp3) is 0.667. The highest BCUT2D eigenvalue weighted by Crippen LogP contribution is 2.37. The normalized spacial score (nSPS) is 22.8. The van der Waals surface area contributed by atoms with Crippen molar-refractivity contribution in [2.75, 3.05) is 0 Å². The van der Waals surface area contributed by atoms with Gasteiger partial charge >= 0.3 is 6.18 Å². The Hall–Kier alpha value is -2.17. The Kier molecular flexibility index (Phi) is 11.3. The highest BCUT2D eigenvalue weighted by atomic mass is 19.4. The average Bonchev–Trinajstić information content (AvgIpc) is 3.12. The first kappa shape index (κ1) is 28.1. The van der Waals surface area contributed by atoms with Crippen molar-refractivity contribution in [2.24, 2.45) is 17.0 Å². The third-order valence-corrected chi connectivity index (χ3v) is 6.63. The average molecular weight is 489 g/mol. The van der Waals surface area contributed by atoms with Crippen LogP contribution in [-0.4, -0.2) is 44.5 Å². The minimum Gasteiger partial charge on any atom is -0.411 e. The standard InChI is InChI=1S/C24H35F3N2O5/c25-24(26,27)17-7-5-6-16(14-17)10-11-18(30)12-13-19-20(22(31)15-21(19)28-33)8-3-1-2-4-9-23(32)29-34/h5-7,14,18-20,22,30-31,33-34H,1-4,8-13,15H2,(H,29,32)/b28-21-/t18-,19?,20+,22-/m0/s1. The molecule has 192 valence electrons. The van der Waals surface area contributed by atoms with E-state index in [4.69, 9.17) is 5.21 Å². The monoisotopic (exact) mass is 488 g/mol. The van der Waals surface area contributed by atoms with Crippen LogP contribution in [0.3, 0.4) is 0 Å². The largest absolute Gasteiger partial charge is 0.416 e. The van der Waals surface area contributed by atoms with Gasteiger partial charge in [-0.1, -0.05) is 42.6 Å². The number of rotatable bonds is 13. The summed E-state index contributed by atoms with van der Waals surface area (Å²) in [5, 5.41) is 42.1. The van der Waals surface area contributed by atoms with Gasteiger partial charge in [-0.25, -0.2) is 5.48 Å². The van der Waals surface area contributed by atoms with Gasteiger partial charge in [-0.3, -0.25) is 10.0 Å². The molecule has 0 heterocycles. The number of hydrogen-bond acceptors (Lipinski definition) is 6. The van der Waals surface area contributed by atoms with Crippen LogP contribution in [0.15, 0.2) is 29.4 Å². The fourth-order valence-electron chi connectivity index (χ4n) is 4.75. The summed E-state index contributed by atoms with van der Waals surface area (Å²) in [4.78, 5) is 11.0. The molecule has 1 aliphatic carbocycles. The summed E-state index contributed by atoms with van der Waals surface area (Å²) in [7, 11) is 0. The molecule has 1 amide bonds. The number of halogens is 3. The third-order valence-electron chi connectivity index (χ3n) is 6.63. The lowest BCUT2D eigenvalue weighted by Gasteiger charge is -2.23. The molecular weight excluding hydrogens is 453 g/mol. The Morgan fingerprint density at radius 3 is 2.56 bits per heavy atom. The van der Waals surface area contributed by atoms with E-state index in [2.05, 4.69) is 5.16 Å². The van der Waals surface area contributed by atoms with Gasteiger partial charge in [-0.05, 0) is 56.1 Å². The second kappa shape index (κ2) is 13.7. The molecule has 34 heavy (non-hydrogen) atoms. The van der Waals surface area contributed by atoms with Crippen LogP contribution in [0.2, 0.25) is 0 Å². The van der Waals surface area contributed by atoms with Crippen molar-refractivity contribution < 1.29 is 38.6 Å². The summed E-state index contributed by atoms with van der Waals surface area (Å²) in [5.74, 6) is -0.674. The maximum atomic E-state index is 12.9. The number of hydrogen-bond donors (Lipinski definition) is 5. The highest BCUT2D eigenvalue weighted by Gasteiger charge is 2.39. The maximum Gasteiger partial charge on any atom is 0.416 e. The van der Waals surface area contributed by atoms with Crippen molar-refractivity contribution in [1.82, 2.24) is 5.48 Å². The lowest BCUT2D eigenvalue weighted by atomic mass is 9.84. The van der Waals surface area contributed by atoms with Crippen molar-refractivity contribution >= 4 is 11.6 Å². The highest BCUT2D eigenvalue weighted by molar-refractivity contribution is 5.89. The zero-order valence-corrected chi connectivity index (χ0v) is 19.2. The van der Waals surface area contributed by atoms with E-state index in [1.54, 1.807) is 11.5 Å². The van der Waals surface area contributed by atoms with Gasteiger partial charge in [-0.2, -0.15) is 13.2 Å². The quantitative estimate of drug-likeness (QED) is 0.122. The van der Waals surface area contributed by atoms with E-state index in [-0.39, 0.29) is 24.7 Å². The van der Waals surface area contributed by atoms with Crippen LogP contribution in [0.1, 0.15) is 75.3 Å². The van der Waals surface area contributed by atoms with Gasteiger partial charge in [0.15, 0.2) is 0 Å². The molecule has 0 aromatic heterocycles. The molecular formula is C24H35F3N2O5. The number of nitrogens with one attached hydrogen (secondary N) is 1. The topological polar surface area (TPSA) is 122 Å². The molecule has 0 bridgehead atoms. The molecule has 1 aliphatic rings. The zero-order chi connectivity index (χ0) is 25.1. The molecule has 0 aliphatic heterocycles. The van der Waals surface area contributed by atoms with E-state index in [1.807, 2.05) is 0 Å². The molecule has 1 saturated carbocycles. The van der Waals surface area contributed by atoms with Crippen molar-refractivity contribution in [3.63, 3.8) is 0 Å². The molecule has 10 heteroatoms. The second-order valence-electron chi connectivity index (χ2n) is 9.09. The number of nitrogens with zero attached hydrogens (tertiary/aromatic N) is 1. The first-order valence-corrected chi connectivity index (χ1v) is 11.8. The van der Waals surface area contributed by atoms with E-state index in [0.29, 0.717) is 43.4 Å². The van der Waals surface area contributed by atoms with Gasteiger partial charge in [-0.15, -0.1) is 0 Å². The van der Waals surface area contributed by atoms with Crippen LogP contribution < -0.4 is 5.48 Å². The lowest BCUT2D eigenvalue weighted by Crippen LogP contribution is -2.22. The van der Waals surface area contributed by atoms with E-state index in [1.165, 1.54) is 6.07 Å². The Bertz CT molecular complexity index is 803. The first-order chi connectivity index (χ1) is 16.2. The fourth-order valence-corrected chi connectivity index (χ4v) is 4.75. The van der Waals surface area contributed by atoms with E-state index in [9.17, 15) is 33.4 Å². The smallest absolute Gasteiger partial charge is 0.411 e. The molecule has 2 rings (SSSR count).